The largest absolute Gasteiger partial charge is 0.380 e. The van der Waals surface area contributed by atoms with Gasteiger partial charge in [-0.15, -0.1) is 0 Å². The highest BCUT2D eigenvalue weighted by atomic mass is 35.7. The highest BCUT2D eigenvalue weighted by molar-refractivity contribution is 8.11. The van der Waals surface area contributed by atoms with E-state index in [1.165, 1.54) is 4.31 Å². The molecule has 0 radical (unpaired) electrons. The van der Waals surface area contributed by atoms with E-state index < -0.39 is 9.24 Å². The zero-order valence-electron chi connectivity index (χ0n) is 5.79. The number of halogens is 1. The van der Waals surface area contributed by atoms with E-state index in [0.29, 0.717) is 26.3 Å². The van der Waals surface area contributed by atoms with Gasteiger partial charge in [-0.25, -0.2) is 0 Å². The fourth-order valence-electron chi connectivity index (χ4n) is 1.43. The Morgan fingerprint density at radius 2 is 1.91 bits per heavy atom. The van der Waals surface area contributed by atoms with Crippen molar-refractivity contribution in [2.75, 3.05) is 26.3 Å². The van der Waals surface area contributed by atoms with Crippen LogP contribution in [0.4, 0.5) is 0 Å². The van der Waals surface area contributed by atoms with Crippen LogP contribution in [0.3, 0.4) is 0 Å². The summed E-state index contributed by atoms with van der Waals surface area (Å²) < 4.78 is 27.6. The fourth-order valence-corrected chi connectivity index (χ4v) is 2.58. The Hall–Kier alpha value is 0.160. The summed E-state index contributed by atoms with van der Waals surface area (Å²) in [4.78, 5) is 0. The van der Waals surface area contributed by atoms with Crippen molar-refractivity contribution >= 4 is 19.9 Å². The standard InChI is InChI=1S/C5H8ClNO3S/c6-11(8,9)7-1-5(2-7)3-10-4-5/h1-4H2. The molecule has 0 atom stereocenters. The molecule has 0 unspecified atom stereocenters. The molecule has 2 saturated heterocycles. The van der Waals surface area contributed by atoms with Gasteiger partial charge in [0.25, 0.3) is 9.24 Å². The summed E-state index contributed by atoms with van der Waals surface area (Å²) in [7, 11) is 1.64. The minimum Gasteiger partial charge on any atom is -0.380 e. The van der Waals surface area contributed by atoms with Crippen LogP contribution in [0.15, 0.2) is 0 Å². The maximum Gasteiger partial charge on any atom is 0.299 e. The van der Waals surface area contributed by atoms with E-state index in [0.717, 1.165) is 0 Å². The third-order valence-electron chi connectivity index (χ3n) is 2.15. The van der Waals surface area contributed by atoms with Gasteiger partial charge in [-0.1, -0.05) is 0 Å². The van der Waals surface area contributed by atoms with E-state index in [-0.39, 0.29) is 5.41 Å². The van der Waals surface area contributed by atoms with Crippen molar-refractivity contribution in [1.29, 1.82) is 0 Å². The van der Waals surface area contributed by atoms with E-state index in [9.17, 15) is 8.42 Å². The molecule has 6 heteroatoms. The number of rotatable bonds is 1. The Morgan fingerprint density at radius 3 is 2.18 bits per heavy atom. The van der Waals surface area contributed by atoms with Gasteiger partial charge in [0.05, 0.1) is 13.2 Å². The molecular weight excluding hydrogens is 190 g/mol. The lowest BCUT2D eigenvalue weighted by Crippen LogP contribution is -2.66. The summed E-state index contributed by atoms with van der Waals surface area (Å²) in [6.45, 7) is 2.41. The molecule has 2 aliphatic heterocycles. The van der Waals surface area contributed by atoms with Crippen molar-refractivity contribution in [3.63, 3.8) is 0 Å². The Bertz CT molecular complexity index is 263. The predicted molar refractivity (Wildman–Crippen MR) is 39.6 cm³/mol. The summed E-state index contributed by atoms with van der Waals surface area (Å²) in [5.41, 5.74) is 0.113. The minimum absolute atomic E-state index is 0.113. The van der Waals surface area contributed by atoms with Crippen LogP contribution in [-0.4, -0.2) is 39.0 Å². The average molecular weight is 198 g/mol. The van der Waals surface area contributed by atoms with Crippen LogP contribution in [0.2, 0.25) is 0 Å². The molecule has 2 rings (SSSR count). The maximum atomic E-state index is 10.7. The average Bonchev–Trinajstić information content (AvgIpc) is 1.49. The second-order valence-corrected chi connectivity index (χ2v) is 5.71. The molecule has 1 spiro atoms. The molecule has 0 saturated carbocycles. The monoisotopic (exact) mass is 197 g/mol. The summed E-state index contributed by atoms with van der Waals surface area (Å²) in [6.07, 6.45) is 0. The van der Waals surface area contributed by atoms with E-state index in [4.69, 9.17) is 15.4 Å². The van der Waals surface area contributed by atoms with Gasteiger partial charge < -0.3 is 4.74 Å². The number of nitrogens with zero attached hydrogens (tertiary/aromatic N) is 1. The number of hydrogen-bond acceptors (Lipinski definition) is 3. The molecule has 0 aliphatic carbocycles. The molecule has 0 amide bonds. The Kier molecular flexibility index (Phi) is 1.49. The summed E-state index contributed by atoms with van der Waals surface area (Å²) >= 11 is 0. The molecule has 2 aliphatic rings. The first-order chi connectivity index (χ1) is 5.02. The van der Waals surface area contributed by atoms with Crippen molar-refractivity contribution in [1.82, 2.24) is 4.31 Å². The highest BCUT2D eigenvalue weighted by Crippen LogP contribution is 2.39. The molecule has 0 aromatic heterocycles. The van der Waals surface area contributed by atoms with Gasteiger partial charge in [-0.05, 0) is 0 Å². The van der Waals surface area contributed by atoms with Crippen LogP contribution in [0.25, 0.3) is 0 Å². The molecule has 64 valence electrons. The molecule has 4 nitrogen and oxygen atoms in total. The van der Waals surface area contributed by atoms with Crippen LogP contribution in [0, 0.1) is 5.41 Å². The molecular formula is C5H8ClNO3S. The van der Waals surface area contributed by atoms with Gasteiger partial charge in [0.2, 0.25) is 0 Å². The fraction of sp³-hybridized carbons (Fsp3) is 1.00. The van der Waals surface area contributed by atoms with Crippen molar-refractivity contribution in [3.05, 3.63) is 0 Å². The first-order valence-corrected chi connectivity index (χ1v) is 5.56. The number of hydrogen-bond donors (Lipinski definition) is 0. The predicted octanol–water partition coefficient (Wildman–Crippen LogP) is -0.198. The first-order valence-electron chi connectivity index (χ1n) is 3.29. The lowest BCUT2D eigenvalue weighted by Gasteiger charge is -2.53. The van der Waals surface area contributed by atoms with Crippen molar-refractivity contribution in [2.24, 2.45) is 5.41 Å². The Balaban J connectivity index is 1.98. The van der Waals surface area contributed by atoms with Crippen LogP contribution in [0.1, 0.15) is 0 Å². The van der Waals surface area contributed by atoms with Crippen molar-refractivity contribution < 1.29 is 13.2 Å². The van der Waals surface area contributed by atoms with Crippen LogP contribution in [0.5, 0.6) is 0 Å². The van der Waals surface area contributed by atoms with Crippen molar-refractivity contribution in [2.45, 2.75) is 0 Å². The summed E-state index contributed by atoms with van der Waals surface area (Å²) in [6, 6.07) is 0. The molecule has 0 N–H and O–H groups in total. The molecule has 2 heterocycles. The van der Waals surface area contributed by atoms with Gasteiger partial charge in [0, 0.05) is 29.2 Å². The van der Waals surface area contributed by atoms with Gasteiger partial charge in [-0.2, -0.15) is 12.7 Å². The summed E-state index contributed by atoms with van der Waals surface area (Å²) in [5, 5.41) is 0. The van der Waals surface area contributed by atoms with E-state index in [2.05, 4.69) is 0 Å². The quantitative estimate of drug-likeness (QED) is 0.547. The van der Waals surface area contributed by atoms with Gasteiger partial charge in [-0.3, -0.25) is 0 Å². The first kappa shape index (κ1) is 7.79. The Labute approximate surface area is 69.6 Å². The highest BCUT2D eigenvalue weighted by Gasteiger charge is 2.52. The molecule has 0 bridgehead atoms. The molecule has 2 fully saturated rings. The van der Waals surface area contributed by atoms with Crippen molar-refractivity contribution in [3.8, 4) is 0 Å². The van der Waals surface area contributed by atoms with Gasteiger partial charge in [0.15, 0.2) is 0 Å². The second kappa shape index (κ2) is 2.10. The number of ether oxygens (including phenoxy) is 1. The zero-order chi connectivity index (χ0) is 8.11. The molecule has 11 heavy (non-hydrogen) atoms. The maximum absolute atomic E-state index is 10.7. The zero-order valence-corrected chi connectivity index (χ0v) is 7.36. The third-order valence-corrected chi connectivity index (χ3v) is 3.61. The van der Waals surface area contributed by atoms with Crippen LogP contribution in [-0.2, 0) is 14.0 Å². The van der Waals surface area contributed by atoms with Gasteiger partial charge in [0.1, 0.15) is 0 Å². The normalized spacial score (nSPS) is 29.5. The SMILES string of the molecule is O=S(=O)(Cl)N1CC2(COC2)C1. The van der Waals surface area contributed by atoms with Crippen LogP contribution >= 0.6 is 10.7 Å². The van der Waals surface area contributed by atoms with Crippen LogP contribution < -0.4 is 0 Å². The Morgan fingerprint density at radius 1 is 1.36 bits per heavy atom. The lowest BCUT2D eigenvalue weighted by atomic mass is 9.80. The summed E-state index contributed by atoms with van der Waals surface area (Å²) in [5.74, 6) is 0. The lowest BCUT2D eigenvalue weighted by molar-refractivity contribution is -0.166. The molecule has 0 aromatic rings. The van der Waals surface area contributed by atoms with E-state index >= 15 is 0 Å². The van der Waals surface area contributed by atoms with E-state index in [1.807, 2.05) is 0 Å². The second-order valence-electron chi connectivity index (χ2n) is 3.20. The molecule has 0 aromatic carbocycles. The topological polar surface area (TPSA) is 46.6 Å². The van der Waals surface area contributed by atoms with E-state index in [1.54, 1.807) is 0 Å². The third kappa shape index (κ3) is 1.16. The van der Waals surface area contributed by atoms with Gasteiger partial charge >= 0.3 is 0 Å². The minimum atomic E-state index is -3.46. The smallest absolute Gasteiger partial charge is 0.299 e.